The summed E-state index contributed by atoms with van der Waals surface area (Å²) in [5, 5.41) is 18.2. The van der Waals surface area contributed by atoms with Crippen LogP contribution >= 0.6 is 0 Å². The van der Waals surface area contributed by atoms with Gasteiger partial charge in [0.15, 0.2) is 0 Å². The number of aryl methyl sites for hydroxylation is 1. The van der Waals surface area contributed by atoms with E-state index < -0.39 is 4.92 Å². The van der Waals surface area contributed by atoms with E-state index in [1.165, 1.54) is 6.20 Å². The van der Waals surface area contributed by atoms with Crippen LogP contribution in [0.1, 0.15) is 11.1 Å². The van der Waals surface area contributed by atoms with E-state index in [4.69, 9.17) is 0 Å². The van der Waals surface area contributed by atoms with Gasteiger partial charge >= 0.3 is 0 Å². The summed E-state index contributed by atoms with van der Waals surface area (Å²) in [5.74, 6) is 0.609. The molecule has 2 heterocycles. The number of hydrogen-bond acceptors (Lipinski definition) is 5. The summed E-state index contributed by atoms with van der Waals surface area (Å²) in [6, 6.07) is 11.5. The Kier molecular flexibility index (Phi) is 4.01. The van der Waals surface area contributed by atoms with Gasteiger partial charge in [0.25, 0.3) is 5.69 Å². The van der Waals surface area contributed by atoms with Gasteiger partial charge in [0.1, 0.15) is 12.0 Å². The number of nitrogens with one attached hydrogen (secondary N) is 1. The molecule has 1 N–H and O–H groups in total. The van der Waals surface area contributed by atoms with Gasteiger partial charge < -0.3 is 5.32 Å². The van der Waals surface area contributed by atoms with E-state index in [9.17, 15) is 10.1 Å². The summed E-state index contributed by atoms with van der Waals surface area (Å²) in [7, 11) is 0. The fourth-order valence-corrected chi connectivity index (χ4v) is 2.26. The molecule has 7 heteroatoms. The summed E-state index contributed by atoms with van der Waals surface area (Å²) in [5.41, 5.74) is 2.65. The van der Waals surface area contributed by atoms with E-state index in [0.717, 1.165) is 11.3 Å². The number of nitrogens with zero attached hydrogens (tertiary/aromatic N) is 4. The third-order valence-electron chi connectivity index (χ3n) is 3.43. The van der Waals surface area contributed by atoms with Crippen molar-refractivity contribution in [2.45, 2.75) is 13.5 Å². The van der Waals surface area contributed by atoms with Crippen LogP contribution in [0.15, 0.2) is 55.0 Å². The minimum absolute atomic E-state index is 0.0243. The molecule has 0 aliphatic heterocycles. The quantitative estimate of drug-likeness (QED) is 0.578. The van der Waals surface area contributed by atoms with Crippen LogP contribution in [0.4, 0.5) is 11.5 Å². The highest BCUT2D eigenvalue weighted by molar-refractivity contribution is 5.47. The number of aromatic nitrogens is 3. The lowest BCUT2D eigenvalue weighted by molar-refractivity contribution is -0.385. The monoisotopic (exact) mass is 309 g/mol. The number of nitro groups is 1. The second-order valence-electron chi connectivity index (χ2n) is 5.09. The lowest BCUT2D eigenvalue weighted by atomic mass is 10.2. The highest BCUT2D eigenvalue weighted by atomic mass is 16.6. The van der Waals surface area contributed by atoms with Crippen LogP contribution in [0.2, 0.25) is 0 Å². The first-order valence-electron chi connectivity index (χ1n) is 7.07. The Labute approximate surface area is 132 Å². The number of rotatable bonds is 5. The zero-order valence-corrected chi connectivity index (χ0v) is 12.5. The summed E-state index contributed by atoms with van der Waals surface area (Å²) in [6.07, 6.45) is 4.89. The maximum atomic E-state index is 10.8. The first-order valence-corrected chi connectivity index (χ1v) is 7.07. The van der Waals surface area contributed by atoms with E-state index in [0.29, 0.717) is 17.9 Å². The number of benzene rings is 1. The van der Waals surface area contributed by atoms with E-state index in [2.05, 4.69) is 15.4 Å². The Hall–Kier alpha value is -3.22. The van der Waals surface area contributed by atoms with Gasteiger partial charge in [-0.25, -0.2) is 9.67 Å². The second kappa shape index (κ2) is 6.27. The molecule has 3 aromatic rings. The Morgan fingerprint density at radius 1 is 1.30 bits per heavy atom. The molecular formula is C16H15N5O2. The molecule has 0 saturated heterocycles. The Balaban J connectivity index is 1.72. The predicted octanol–water partition coefficient (Wildman–Crippen LogP) is 3.10. The van der Waals surface area contributed by atoms with Gasteiger partial charge in [0, 0.05) is 24.5 Å². The van der Waals surface area contributed by atoms with E-state index in [1.807, 2.05) is 36.5 Å². The van der Waals surface area contributed by atoms with Gasteiger partial charge in [-0.15, -0.1) is 0 Å². The van der Waals surface area contributed by atoms with E-state index in [-0.39, 0.29) is 5.69 Å². The van der Waals surface area contributed by atoms with Crippen molar-refractivity contribution in [3.05, 3.63) is 76.2 Å². The lowest BCUT2D eigenvalue weighted by Gasteiger charge is -2.08. The van der Waals surface area contributed by atoms with Crippen molar-refractivity contribution in [1.82, 2.24) is 14.8 Å². The third kappa shape index (κ3) is 3.34. The molecule has 0 fully saturated rings. The highest BCUT2D eigenvalue weighted by Crippen LogP contribution is 2.19. The molecule has 3 rings (SSSR count). The second-order valence-corrected chi connectivity index (χ2v) is 5.09. The molecule has 2 aromatic heterocycles. The molecule has 0 unspecified atom stereocenters. The zero-order chi connectivity index (χ0) is 16.2. The van der Waals surface area contributed by atoms with Crippen LogP contribution in [0.25, 0.3) is 5.69 Å². The van der Waals surface area contributed by atoms with Gasteiger partial charge in [-0.05, 0) is 36.8 Å². The standard InChI is InChI=1S/C16H15N5O2/c1-12-8-16(18-11-15(12)21(22)23)17-10-13-4-2-5-14(9-13)20-7-3-6-19-20/h2-9,11H,10H2,1H3,(H,17,18). The molecule has 1 aromatic carbocycles. The molecule has 0 aliphatic rings. The van der Waals surface area contributed by atoms with Crippen LogP contribution in [-0.2, 0) is 6.54 Å². The molecule has 0 radical (unpaired) electrons. The maximum Gasteiger partial charge on any atom is 0.290 e. The van der Waals surface area contributed by atoms with Crippen molar-refractivity contribution >= 4 is 11.5 Å². The first kappa shape index (κ1) is 14.7. The Morgan fingerprint density at radius 3 is 2.87 bits per heavy atom. The van der Waals surface area contributed by atoms with Crippen LogP contribution < -0.4 is 5.32 Å². The van der Waals surface area contributed by atoms with E-state index >= 15 is 0 Å². The van der Waals surface area contributed by atoms with Crippen molar-refractivity contribution in [2.75, 3.05) is 5.32 Å². The minimum atomic E-state index is -0.431. The molecule has 23 heavy (non-hydrogen) atoms. The molecule has 0 aliphatic carbocycles. The average Bonchev–Trinajstić information content (AvgIpc) is 3.07. The summed E-state index contributed by atoms with van der Waals surface area (Å²) < 4.78 is 1.79. The fraction of sp³-hybridized carbons (Fsp3) is 0.125. The first-order chi connectivity index (χ1) is 11.1. The number of hydrogen-bond donors (Lipinski definition) is 1. The summed E-state index contributed by atoms with van der Waals surface area (Å²) >= 11 is 0. The number of anilines is 1. The van der Waals surface area contributed by atoms with Gasteiger partial charge in [0.05, 0.1) is 10.6 Å². The topological polar surface area (TPSA) is 85.9 Å². The molecule has 0 atom stereocenters. The Bertz CT molecular complexity index is 830. The van der Waals surface area contributed by atoms with E-state index in [1.54, 1.807) is 23.9 Å². The Morgan fingerprint density at radius 2 is 2.17 bits per heavy atom. The van der Waals surface area contributed by atoms with Crippen molar-refractivity contribution < 1.29 is 4.92 Å². The zero-order valence-electron chi connectivity index (χ0n) is 12.5. The average molecular weight is 309 g/mol. The lowest BCUT2D eigenvalue weighted by Crippen LogP contribution is -2.04. The molecule has 0 spiro atoms. The van der Waals surface area contributed by atoms with Crippen molar-refractivity contribution in [3.8, 4) is 5.69 Å². The number of pyridine rings is 1. The van der Waals surface area contributed by atoms with Gasteiger partial charge in [0.2, 0.25) is 0 Å². The van der Waals surface area contributed by atoms with Crippen LogP contribution in [-0.4, -0.2) is 19.7 Å². The van der Waals surface area contributed by atoms with Crippen molar-refractivity contribution in [3.63, 3.8) is 0 Å². The fourth-order valence-electron chi connectivity index (χ4n) is 2.26. The smallest absolute Gasteiger partial charge is 0.290 e. The largest absolute Gasteiger partial charge is 0.366 e. The summed E-state index contributed by atoms with van der Waals surface area (Å²) in [6.45, 7) is 2.27. The van der Waals surface area contributed by atoms with Gasteiger partial charge in [-0.2, -0.15) is 5.10 Å². The maximum absolute atomic E-state index is 10.8. The van der Waals surface area contributed by atoms with Gasteiger partial charge in [-0.3, -0.25) is 10.1 Å². The van der Waals surface area contributed by atoms with Crippen molar-refractivity contribution in [2.24, 2.45) is 0 Å². The van der Waals surface area contributed by atoms with Gasteiger partial charge in [-0.1, -0.05) is 12.1 Å². The van der Waals surface area contributed by atoms with Crippen LogP contribution in [0, 0.1) is 17.0 Å². The van der Waals surface area contributed by atoms with Crippen LogP contribution in [0.3, 0.4) is 0 Å². The van der Waals surface area contributed by atoms with Crippen molar-refractivity contribution in [1.29, 1.82) is 0 Å². The molecule has 116 valence electrons. The minimum Gasteiger partial charge on any atom is -0.366 e. The predicted molar refractivity (Wildman–Crippen MR) is 86.5 cm³/mol. The SMILES string of the molecule is Cc1cc(NCc2cccc(-n3cccn3)c2)ncc1[N+](=O)[O-]. The van der Waals surface area contributed by atoms with Crippen LogP contribution in [0.5, 0.6) is 0 Å². The summed E-state index contributed by atoms with van der Waals surface area (Å²) in [4.78, 5) is 14.4. The highest BCUT2D eigenvalue weighted by Gasteiger charge is 2.11. The third-order valence-corrected chi connectivity index (χ3v) is 3.43. The normalized spacial score (nSPS) is 10.5. The molecule has 7 nitrogen and oxygen atoms in total. The molecule has 0 amide bonds. The molecule has 0 bridgehead atoms. The molecular weight excluding hydrogens is 294 g/mol. The molecule has 0 saturated carbocycles.